The number of aliphatic hydroxyl groups excluding tert-OH is 2. The van der Waals surface area contributed by atoms with E-state index in [-0.39, 0.29) is 37.7 Å². The van der Waals surface area contributed by atoms with Crippen LogP contribution in [0.3, 0.4) is 0 Å². The topological polar surface area (TPSA) is 155 Å². The average molecular weight is 513 g/mol. The SMILES string of the molecule is COc1ccc2ncc(F)c(CNC[C@@H](O)[C@H](O)[C@@H]3CN(c4ccc5c(c4)NC(=O)CO5)C(=O)O3)c2n1. The number of carbonyl (C=O) groups excluding carboxylic acids is 2. The van der Waals surface area contributed by atoms with E-state index in [9.17, 15) is 24.2 Å². The summed E-state index contributed by atoms with van der Waals surface area (Å²) in [6.07, 6.45) is -3.39. The summed E-state index contributed by atoms with van der Waals surface area (Å²) in [5.41, 5.74) is 1.87. The van der Waals surface area contributed by atoms with Gasteiger partial charge in [0.05, 0.1) is 37.2 Å². The molecule has 2 aliphatic rings. The zero-order valence-electron chi connectivity index (χ0n) is 19.7. The van der Waals surface area contributed by atoms with Crippen LogP contribution in [0.25, 0.3) is 11.0 Å². The highest BCUT2D eigenvalue weighted by atomic mass is 19.1. The number of halogens is 1. The molecule has 12 nitrogen and oxygen atoms in total. The van der Waals surface area contributed by atoms with Crippen LogP contribution in [0, 0.1) is 5.82 Å². The van der Waals surface area contributed by atoms with Gasteiger partial charge in [-0.1, -0.05) is 0 Å². The van der Waals surface area contributed by atoms with Crippen LogP contribution >= 0.6 is 0 Å². The van der Waals surface area contributed by atoms with Gasteiger partial charge < -0.3 is 35.1 Å². The van der Waals surface area contributed by atoms with E-state index in [0.717, 1.165) is 6.20 Å². The molecule has 4 heterocycles. The summed E-state index contributed by atoms with van der Waals surface area (Å²) < 4.78 is 30.2. The van der Waals surface area contributed by atoms with Gasteiger partial charge in [-0.05, 0) is 24.3 Å². The molecule has 0 aliphatic carbocycles. The number of methoxy groups -OCH3 is 1. The summed E-state index contributed by atoms with van der Waals surface area (Å²) in [5, 5.41) is 26.7. The number of cyclic esters (lactones) is 1. The molecule has 3 atom stereocenters. The second-order valence-corrected chi connectivity index (χ2v) is 8.55. The second kappa shape index (κ2) is 10.1. The van der Waals surface area contributed by atoms with E-state index in [0.29, 0.717) is 34.0 Å². The Balaban J connectivity index is 1.21. The van der Waals surface area contributed by atoms with Crippen molar-refractivity contribution in [3.05, 3.63) is 47.9 Å². The summed E-state index contributed by atoms with van der Waals surface area (Å²) >= 11 is 0. The van der Waals surface area contributed by atoms with Crippen molar-refractivity contribution >= 4 is 34.4 Å². The molecule has 37 heavy (non-hydrogen) atoms. The van der Waals surface area contributed by atoms with Crippen molar-refractivity contribution in [1.29, 1.82) is 0 Å². The Labute approximate surface area is 210 Å². The van der Waals surface area contributed by atoms with E-state index in [1.165, 1.54) is 12.0 Å². The Morgan fingerprint density at radius 1 is 1.30 bits per heavy atom. The number of carbonyl (C=O) groups is 2. The molecule has 2 aromatic heterocycles. The van der Waals surface area contributed by atoms with Crippen LogP contribution in [-0.2, 0) is 16.1 Å². The van der Waals surface area contributed by atoms with Crippen molar-refractivity contribution in [3.63, 3.8) is 0 Å². The first-order valence-electron chi connectivity index (χ1n) is 11.4. The largest absolute Gasteiger partial charge is 0.482 e. The molecule has 4 N–H and O–H groups in total. The first-order valence-corrected chi connectivity index (χ1v) is 11.4. The van der Waals surface area contributed by atoms with Crippen molar-refractivity contribution in [3.8, 4) is 11.6 Å². The lowest BCUT2D eigenvalue weighted by atomic mass is 10.1. The van der Waals surface area contributed by atoms with Crippen LogP contribution in [0.2, 0.25) is 0 Å². The third-order valence-corrected chi connectivity index (χ3v) is 6.12. The van der Waals surface area contributed by atoms with Gasteiger partial charge in [0.25, 0.3) is 5.91 Å². The number of amides is 2. The van der Waals surface area contributed by atoms with Gasteiger partial charge >= 0.3 is 6.09 Å². The minimum Gasteiger partial charge on any atom is -0.482 e. The van der Waals surface area contributed by atoms with Crippen LogP contribution in [0.4, 0.5) is 20.6 Å². The minimum absolute atomic E-state index is 0.00566. The van der Waals surface area contributed by atoms with Gasteiger partial charge in [-0.15, -0.1) is 0 Å². The molecule has 0 bridgehead atoms. The smallest absolute Gasteiger partial charge is 0.414 e. The molecule has 3 aromatic rings. The number of aliphatic hydroxyl groups is 2. The number of nitrogens with one attached hydrogen (secondary N) is 2. The average Bonchev–Trinajstić information content (AvgIpc) is 3.29. The summed E-state index contributed by atoms with van der Waals surface area (Å²) in [5.74, 6) is -0.117. The highest BCUT2D eigenvalue weighted by molar-refractivity contribution is 5.97. The number of anilines is 2. The highest BCUT2D eigenvalue weighted by Gasteiger charge is 2.40. The lowest BCUT2D eigenvalue weighted by Crippen LogP contribution is -2.44. The lowest BCUT2D eigenvalue weighted by molar-refractivity contribution is -0.118. The summed E-state index contributed by atoms with van der Waals surface area (Å²) in [4.78, 5) is 33.6. The molecule has 13 heteroatoms. The lowest BCUT2D eigenvalue weighted by Gasteiger charge is -2.23. The quantitative estimate of drug-likeness (QED) is 0.342. The van der Waals surface area contributed by atoms with Crippen molar-refractivity contribution < 1.29 is 38.4 Å². The van der Waals surface area contributed by atoms with Crippen molar-refractivity contribution in [2.75, 3.05) is 37.0 Å². The normalized spacial score (nSPS) is 18.6. The highest BCUT2D eigenvalue weighted by Crippen LogP contribution is 2.34. The van der Waals surface area contributed by atoms with Gasteiger partial charge in [0.1, 0.15) is 23.2 Å². The maximum atomic E-state index is 14.5. The minimum atomic E-state index is -1.42. The summed E-state index contributed by atoms with van der Waals surface area (Å²) in [6.45, 7) is -0.246. The number of rotatable bonds is 8. The molecule has 5 rings (SSSR count). The van der Waals surface area contributed by atoms with Gasteiger partial charge in [0, 0.05) is 30.4 Å². The Morgan fingerprint density at radius 2 is 2.14 bits per heavy atom. The molecule has 2 amide bonds. The van der Waals surface area contributed by atoms with Crippen LogP contribution in [0.5, 0.6) is 11.6 Å². The molecule has 0 saturated carbocycles. The Bertz CT molecular complexity index is 1360. The Morgan fingerprint density at radius 3 is 2.95 bits per heavy atom. The van der Waals surface area contributed by atoms with E-state index in [1.807, 2.05) is 0 Å². The summed E-state index contributed by atoms with van der Waals surface area (Å²) in [7, 11) is 1.45. The fourth-order valence-electron chi connectivity index (χ4n) is 4.19. The van der Waals surface area contributed by atoms with Crippen LogP contribution in [0.1, 0.15) is 5.56 Å². The van der Waals surface area contributed by atoms with E-state index in [4.69, 9.17) is 14.2 Å². The van der Waals surface area contributed by atoms with Gasteiger partial charge in [-0.2, -0.15) is 0 Å². The predicted octanol–water partition coefficient (Wildman–Crippen LogP) is 0.945. The van der Waals surface area contributed by atoms with Crippen molar-refractivity contribution in [2.24, 2.45) is 0 Å². The van der Waals surface area contributed by atoms with Gasteiger partial charge in [-0.3, -0.25) is 14.7 Å². The molecule has 0 radical (unpaired) electrons. The molecule has 1 fully saturated rings. The number of benzene rings is 1. The molecule has 1 aromatic carbocycles. The van der Waals surface area contributed by atoms with Crippen molar-refractivity contribution in [1.82, 2.24) is 15.3 Å². The van der Waals surface area contributed by atoms with Gasteiger partial charge in [-0.25, -0.2) is 14.2 Å². The molecule has 0 unspecified atom stereocenters. The Kier molecular flexibility index (Phi) is 6.74. The van der Waals surface area contributed by atoms with Crippen LogP contribution in [-0.4, -0.2) is 77.3 Å². The van der Waals surface area contributed by atoms with Gasteiger partial charge in [0.2, 0.25) is 5.88 Å². The Hall–Kier alpha value is -4.07. The number of ether oxygens (including phenoxy) is 3. The number of fused-ring (bicyclic) bond motifs is 2. The van der Waals surface area contributed by atoms with Gasteiger partial charge in [0.15, 0.2) is 12.7 Å². The third kappa shape index (κ3) is 4.96. The maximum Gasteiger partial charge on any atom is 0.414 e. The number of hydrogen-bond acceptors (Lipinski definition) is 10. The maximum absolute atomic E-state index is 14.5. The first-order chi connectivity index (χ1) is 17.8. The van der Waals surface area contributed by atoms with Crippen LogP contribution in [0.15, 0.2) is 36.5 Å². The fraction of sp³-hybridized carbons (Fsp3) is 0.333. The number of aromatic nitrogens is 2. The third-order valence-electron chi connectivity index (χ3n) is 6.12. The first kappa shape index (κ1) is 24.6. The molecule has 0 spiro atoms. The zero-order chi connectivity index (χ0) is 26.1. The standard InChI is InChI=1S/C24H24FN5O7/c1-35-21-5-3-15-22(29-21)13(14(25)8-27-15)7-26-9-17(31)23(33)19-10-30(24(34)37-19)12-2-4-18-16(6-12)28-20(32)11-36-18/h2-6,8,17,19,23,26,31,33H,7,9-11H2,1H3,(H,28,32)/t17-,19+,23+/m1/s1. The van der Waals surface area contributed by atoms with Crippen LogP contribution < -0.4 is 25.0 Å². The number of pyridine rings is 2. The molecule has 2 aliphatic heterocycles. The zero-order valence-corrected chi connectivity index (χ0v) is 19.7. The molecular weight excluding hydrogens is 489 g/mol. The second-order valence-electron chi connectivity index (χ2n) is 8.55. The number of nitrogens with zero attached hydrogens (tertiary/aromatic N) is 3. The van der Waals surface area contributed by atoms with E-state index < -0.39 is 30.2 Å². The fourth-order valence-corrected chi connectivity index (χ4v) is 4.19. The number of hydrogen-bond donors (Lipinski definition) is 4. The van der Waals surface area contributed by atoms with Crippen molar-refractivity contribution in [2.45, 2.75) is 24.9 Å². The van der Waals surface area contributed by atoms with E-state index in [2.05, 4.69) is 20.6 Å². The van der Waals surface area contributed by atoms with E-state index >= 15 is 0 Å². The summed E-state index contributed by atoms with van der Waals surface area (Å²) in [6, 6.07) is 8.08. The monoisotopic (exact) mass is 513 g/mol. The van der Waals surface area contributed by atoms with E-state index in [1.54, 1.807) is 30.3 Å². The molecular formula is C24H24FN5O7. The molecule has 194 valence electrons. The molecule has 1 saturated heterocycles. The predicted molar refractivity (Wildman–Crippen MR) is 128 cm³/mol.